The fraction of sp³-hybridized carbons (Fsp3) is 0.529. The number of carbonyl (C=O) groups excluding carboxylic acids is 1. The number of hydrogen-bond donors (Lipinski definition) is 1. The Bertz CT molecular complexity index is 552. The van der Waals surface area contributed by atoms with Gasteiger partial charge in [0.2, 0.25) is 0 Å². The lowest BCUT2D eigenvalue weighted by Gasteiger charge is -2.26. The molecule has 1 fully saturated rings. The summed E-state index contributed by atoms with van der Waals surface area (Å²) in [6, 6.07) is 8.72. The summed E-state index contributed by atoms with van der Waals surface area (Å²) in [7, 11) is 0. The van der Waals surface area contributed by atoms with E-state index in [0.29, 0.717) is 6.61 Å². The van der Waals surface area contributed by atoms with Gasteiger partial charge in [-0.15, -0.1) is 0 Å². The van der Waals surface area contributed by atoms with Crippen LogP contribution in [0.15, 0.2) is 30.3 Å². The van der Waals surface area contributed by atoms with E-state index in [-0.39, 0.29) is 19.1 Å². The van der Waals surface area contributed by atoms with Crippen molar-refractivity contribution >= 4 is 12.1 Å². The van der Waals surface area contributed by atoms with Crippen molar-refractivity contribution in [2.75, 3.05) is 6.54 Å². The number of carboxylic acid groups (broad SMARTS) is 1. The first-order valence-electron chi connectivity index (χ1n) is 7.64. The van der Waals surface area contributed by atoms with Crippen LogP contribution in [0.4, 0.5) is 4.79 Å². The zero-order chi connectivity index (χ0) is 17.0. The summed E-state index contributed by atoms with van der Waals surface area (Å²) in [6.45, 7) is 5.86. The molecule has 126 valence electrons. The van der Waals surface area contributed by atoms with Gasteiger partial charge in [0.25, 0.3) is 0 Å². The van der Waals surface area contributed by atoms with E-state index in [1.54, 1.807) is 20.8 Å². The summed E-state index contributed by atoms with van der Waals surface area (Å²) in [5, 5.41) is 9.33. The molecule has 0 aromatic heterocycles. The first-order valence-corrected chi connectivity index (χ1v) is 7.64. The van der Waals surface area contributed by atoms with Crippen molar-refractivity contribution in [3.63, 3.8) is 0 Å². The highest BCUT2D eigenvalue weighted by Crippen LogP contribution is 2.24. The number of aliphatic carboxylic acids is 1. The number of hydrogen-bond acceptors (Lipinski definition) is 4. The second kappa shape index (κ2) is 7.00. The largest absolute Gasteiger partial charge is 0.480 e. The molecule has 1 aromatic carbocycles. The van der Waals surface area contributed by atoms with Gasteiger partial charge in [0, 0.05) is 6.42 Å². The lowest BCUT2D eigenvalue weighted by atomic mass is 10.2. The van der Waals surface area contributed by atoms with E-state index in [1.165, 1.54) is 4.90 Å². The Kier molecular flexibility index (Phi) is 5.26. The predicted octanol–water partition coefficient (Wildman–Crippen LogP) is 2.67. The minimum atomic E-state index is -1.04. The van der Waals surface area contributed by atoms with Crippen LogP contribution in [0, 0.1) is 0 Å². The molecular weight excluding hydrogens is 298 g/mol. The molecule has 1 heterocycles. The molecule has 1 N–H and O–H groups in total. The third-order valence-electron chi connectivity index (χ3n) is 3.50. The van der Waals surface area contributed by atoms with Crippen LogP contribution in [-0.2, 0) is 20.9 Å². The molecule has 1 aliphatic rings. The number of ether oxygens (including phenoxy) is 2. The highest BCUT2D eigenvalue weighted by Gasteiger charge is 2.42. The standard InChI is InChI=1S/C17H23NO5/c1-17(2,3)23-16(21)18-10-13(9-14(18)15(19)20)22-11-12-7-5-4-6-8-12/h4-8,13-14H,9-11H2,1-3H3,(H,19,20)/t13-,14+/m0/s1. The molecule has 1 aromatic rings. The van der Waals surface area contributed by atoms with Crippen LogP contribution in [0.5, 0.6) is 0 Å². The van der Waals surface area contributed by atoms with Crippen LogP contribution in [0.1, 0.15) is 32.8 Å². The fourth-order valence-corrected chi connectivity index (χ4v) is 2.46. The number of nitrogens with zero attached hydrogens (tertiary/aromatic N) is 1. The minimum absolute atomic E-state index is 0.221. The van der Waals surface area contributed by atoms with Gasteiger partial charge in [-0.2, -0.15) is 0 Å². The quantitative estimate of drug-likeness (QED) is 0.922. The van der Waals surface area contributed by atoms with Gasteiger partial charge in [0.15, 0.2) is 0 Å². The minimum Gasteiger partial charge on any atom is -0.480 e. The van der Waals surface area contributed by atoms with Crippen LogP contribution < -0.4 is 0 Å². The molecule has 23 heavy (non-hydrogen) atoms. The average molecular weight is 321 g/mol. The Labute approximate surface area is 136 Å². The van der Waals surface area contributed by atoms with Gasteiger partial charge in [-0.25, -0.2) is 9.59 Å². The Balaban J connectivity index is 1.97. The fourth-order valence-electron chi connectivity index (χ4n) is 2.46. The number of likely N-dealkylation sites (tertiary alicyclic amines) is 1. The molecule has 0 saturated carbocycles. The summed E-state index contributed by atoms with van der Waals surface area (Å²) in [4.78, 5) is 24.8. The molecule has 6 heteroatoms. The lowest BCUT2D eigenvalue weighted by molar-refractivity contribution is -0.142. The van der Waals surface area contributed by atoms with Crippen LogP contribution in [0.2, 0.25) is 0 Å². The van der Waals surface area contributed by atoms with E-state index in [4.69, 9.17) is 9.47 Å². The van der Waals surface area contributed by atoms with E-state index in [1.807, 2.05) is 30.3 Å². The highest BCUT2D eigenvalue weighted by molar-refractivity contribution is 5.81. The Morgan fingerprint density at radius 1 is 1.26 bits per heavy atom. The van der Waals surface area contributed by atoms with Gasteiger partial charge in [-0.1, -0.05) is 30.3 Å². The summed E-state index contributed by atoms with van der Waals surface area (Å²) in [5.41, 5.74) is 0.346. The van der Waals surface area contributed by atoms with Crippen molar-refractivity contribution < 1.29 is 24.2 Å². The van der Waals surface area contributed by atoms with Crippen molar-refractivity contribution in [2.24, 2.45) is 0 Å². The summed E-state index contributed by atoms with van der Waals surface area (Å²) in [6.07, 6.45) is -0.666. The van der Waals surface area contributed by atoms with Crippen LogP contribution >= 0.6 is 0 Å². The van der Waals surface area contributed by atoms with Crippen molar-refractivity contribution in [2.45, 2.75) is 51.5 Å². The monoisotopic (exact) mass is 321 g/mol. The van der Waals surface area contributed by atoms with Gasteiger partial charge in [0.05, 0.1) is 19.3 Å². The van der Waals surface area contributed by atoms with Gasteiger partial charge >= 0.3 is 12.1 Å². The van der Waals surface area contributed by atoms with E-state index >= 15 is 0 Å². The highest BCUT2D eigenvalue weighted by atomic mass is 16.6. The average Bonchev–Trinajstić information content (AvgIpc) is 2.89. The van der Waals surface area contributed by atoms with Gasteiger partial charge in [0.1, 0.15) is 11.6 Å². The molecule has 0 bridgehead atoms. The summed E-state index contributed by atoms with van der Waals surface area (Å²) in [5.74, 6) is -1.04. The third kappa shape index (κ3) is 4.96. The Hall–Kier alpha value is -2.08. The van der Waals surface area contributed by atoms with Crippen molar-refractivity contribution in [1.82, 2.24) is 4.90 Å². The zero-order valence-corrected chi connectivity index (χ0v) is 13.7. The predicted molar refractivity (Wildman–Crippen MR) is 84.0 cm³/mol. The first kappa shape index (κ1) is 17.3. The van der Waals surface area contributed by atoms with Gasteiger partial charge < -0.3 is 14.6 Å². The second-order valence-corrected chi connectivity index (χ2v) is 6.64. The van der Waals surface area contributed by atoms with Crippen molar-refractivity contribution in [3.8, 4) is 0 Å². The van der Waals surface area contributed by atoms with E-state index in [2.05, 4.69) is 0 Å². The van der Waals surface area contributed by atoms with E-state index in [9.17, 15) is 14.7 Å². The maximum Gasteiger partial charge on any atom is 0.411 e. The summed E-state index contributed by atoms with van der Waals surface area (Å²) < 4.78 is 11.0. The number of amides is 1. The topological polar surface area (TPSA) is 76.1 Å². The number of carboxylic acids is 1. The molecule has 6 nitrogen and oxygen atoms in total. The van der Waals surface area contributed by atoms with E-state index in [0.717, 1.165) is 5.56 Å². The SMILES string of the molecule is CC(C)(C)OC(=O)N1C[C@@H](OCc2ccccc2)C[C@@H]1C(=O)O. The normalized spacial score (nSPS) is 21.3. The molecule has 2 atom stereocenters. The van der Waals surface area contributed by atoms with Gasteiger partial charge in [-0.3, -0.25) is 4.90 Å². The Morgan fingerprint density at radius 2 is 1.91 bits per heavy atom. The molecule has 2 rings (SSSR count). The Morgan fingerprint density at radius 3 is 2.48 bits per heavy atom. The smallest absolute Gasteiger partial charge is 0.411 e. The maximum absolute atomic E-state index is 12.2. The zero-order valence-electron chi connectivity index (χ0n) is 13.7. The maximum atomic E-state index is 12.2. The van der Waals surface area contributed by atoms with Crippen LogP contribution in [-0.4, -0.2) is 46.4 Å². The summed E-state index contributed by atoms with van der Waals surface area (Å²) >= 11 is 0. The molecule has 0 spiro atoms. The van der Waals surface area contributed by atoms with Crippen LogP contribution in [0.25, 0.3) is 0 Å². The van der Waals surface area contributed by atoms with Gasteiger partial charge in [-0.05, 0) is 26.3 Å². The molecule has 1 saturated heterocycles. The lowest BCUT2D eigenvalue weighted by Crippen LogP contribution is -2.43. The molecule has 1 amide bonds. The molecule has 1 aliphatic heterocycles. The van der Waals surface area contributed by atoms with Crippen molar-refractivity contribution in [1.29, 1.82) is 0 Å². The van der Waals surface area contributed by atoms with Crippen molar-refractivity contribution in [3.05, 3.63) is 35.9 Å². The molecule has 0 aliphatic carbocycles. The van der Waals surface area contributed by atoms with E-state index < -0.39 is 23.7 Å². The number of carbonyl (C=O) groups is 2. The second-order valence-electron chi connectivity index (χ2n) is 6.64. The van der Waals surface area contributed by atoms with Crippen LogP contribution in [0.3, 0.4) is 0 Å². The molecular formula is C17H23NO5. The third-order valence-corrected chi connectivity index (χ3v) is 3.50. The molecule has 0 unspecified atom stereocenters. The number of benzene rings is 1. The molecule has 0 radical (unpaired) electrons. The number of rotatable bonds is 4. The first-order chi connectivity index (χ1) is 10.8.